The molecule has 0 aliphatic carbocycles. The number of rotatable bonds is 4. The van der Waals surface area contributed by atoms with Crippen molar-refractivity contribution in [2.45, 2.75) is 38.5 Å². The molecule has 1 aromatic rings. The average molecular weight is 280 g/mol. The summed E-state index contributed by atoms with van der Waals surface area (Å²) in [5, 5.41) is 6.05. The first-order valence-corrected chi connectivity index (χ1v) is 6.96. The predicted octanol–water partition coefficient (Wildman–Crippen LogP) is 1.25. The predicted molar refractivity (Wildman–Crippen MR) is 74.9 cm³/mol. The zero-order valence-electron chi connectivity index (χ0n) is 11.9. The van der Waals surface area contributed by atoms with Gasteiger partial charge in [-0.2, -0.15) is 0 Å². The smallest absolute Gasteiger partial charge is 0.240 e. The Hall–Kier alpha value is -1.46. The van der Waals surface area contributed by atoms with Crippen LogP contribution in [0.1, 0.15) is 19.4 Å². The number of carbonyl (C=O) groups is 1. The molecule has 1 aliphatic heterocycles. The minimum Gasteiger partial charge on any atom is -0.375 e. The first kappa shape index (κ1) is 14.9. The first-order chi connectivity index (χ1) is 9.58. The lowest BCUT2D eigenvalue weighted by molar-refractivity contribution is -0.129. The van der Waals surface area contributed by atoms with E-state index < -0.39 is 0 Å². The third-order valence-corrected chi connectivity index (χ3v) is 3.47. The average Bonchev–Trinajstić information content (AvgIpc) is 2.41. The number of ether oxygens (including phenoxy) is 1. The zero-order chi connectivity index (χ0) is 14.5. The number of morpholine rings is 1. The van der Waals surface area contributed by atoms with E-state index in [1.165, 1.54) is 6.07 Å². The molecule has 1 heterocycles. The topological polar surface area (TPSA) is 50.4 Å². The van der Waals surface area contributed by atoms with E-state index in [1.54, 1.807) is 18.2 Å². The highest BCUT2D eigenvalue weighted by atomic mass is 19.1. The standard InChI is InChI=1S/C15H21FN2O2/c1-10(9-12-5-3-4-6-13(12)16)18-15(19)14-11(2)20-8-7-17-14/h3-6,10-11,14,17H,7-9H2,1-2H3,(H,18,19)/t10?,11-,14+/m1/s1. The monoisotopic (exact) mass is 280 g/mol. The first-order valence-electron chi connectivity index (χ1n) is 6.96. The Balaban J connectivity index is 1.89. The van der Waals surface area contributed by atoms with E-state index in [9.17, 15) is 9.18 Å². The minimum absolute atomic E-state index is 0.0963. The molecule has 2 rings (SSSR count). The maximum absolute atomic E-state index is 13.6. The van der Waals surface area contributed by atoms with E-state index >= 15 is 0 Å². The van der Waals surface area contributed by atoms with Gasteiger partial charge in [-0.25, -0.2) is 4.39 Å². The molecular formula is C15H21FN2O2. The van der Waals surface area contributed by atoms with Gasteiger partial charge in [0.2, 0.25) is 5.91 Å². The Labute approximate surface area is 118 Å². The van der Waals surface area contributed by atoms with Crippen LogP contribution in [0.5, 0.6) is 0 Å². The molecule has 0 aromatic heterocycles. The molecule has 3 atom stereocenters. The zero-order valence-corrected chi connectivity index (χ0v) is 11.9. The molecule has 20 heavy (non-hydrogen) atoms. The molecule has 0 bridgehead atoms. The van der Waals surface area contributed by atoms with Gasteiger partial charge in [0.15, 0.2) is 0 Å². The van der Waals surface area contributed by atoms with Crippen LogP contribution in [0.4, 0.5) is 4.39 Å². The van der Waals surface area contributed by atoms with Gasteiger partial charge in [0.25, 0.3) is 0 Å². The third kappa shape index (κ3) is 3.77. The summed E-state index contributed by atoms with van der Waals surface area (Å²) in [4.78, 5) is 12.1. The van der Waals surface area contributed by atoms with Crippen LogP contribution in [0.25, 0.3) is 0 Å². The number of amides is 1. The molecule has 4 nitrogen and oxygen atoms in total. The van der Waals surface area contributed by atoms with Crippen molar-refractivity contribution in [3.63, 3.8) is 0 Å². The van der Waals surface area contributed by atoms with E-state index in [2.05, 4.69) is 10.6 Å². The largest absolute Gasteiger partial charge is 0.375 e. The fraction of sp³-hybridized carbons (Fsp3) is 0.533. The number of nitrogens with one attached hydrogen (secondary N) is 2. The van der Waals surface area contributed by atoms with E-state index in [-0.39, 0.29) is 29.9 Å². The van der Waals surface area contributed by atoms with Crippen molar-refractivity contribution < 1.29 is 13.9 Å². The number of hydrogen-bond acceptors (Lipinski definition) is 3. The lowest BCUT2D eigenvalue weighted by atomic mass is 10.1. The SMILES string of the molecule is CC(Cc1ccccc1F)NC(=O)[C@H]1NCCO[C@@H]1C. The minimum atomic E-state index is -0.341. The van der Waals surface area contributed by atoms with Gasteiger partial charge in [-0.15, -0.1) is 0 Å². The van der Waals surface area contributed by atoms with E-state index in [1.807, 2.05) is 13.8 Å². The Morgan fingerprint density at radius 1 is 1.55 bits per heavy atom. The maximum atomic E-state index is 13.6. The Morgan fingerprint density at radius 2 is 2.30 bits per heavy atom. The highest BCUT2D eigenvalue weighted by molar-refractivity contribution is 5.82. The highest BCUT2D eigenvalue weighted by Gasteiger charge is 2.28. The quantitative estimate of drug-likeness (QED) is 0.873. The van der Waals surface area contributed by atoms with Gasteiger partial charge >= 0.3 is 0 Å². The van der Waals surface area contributed by atoms with Crippen LogP contribution in [0.2, 0.25) is 0 Å². The molecule has 0 radical (unpaired) electrons. The van der Waals surface area contributed by atoms with Gasteiger partial charge in [-0.05, 0) is 31.9 Å². The van der Waals surface area contributed by atoms with Crippen LogP contribution in [-0.2, 0) is 16.0 Å². The molecule has 1 fully saturated rings. The summed E-state index contributed by atoms with van der Waals surface area (Å²) >= 11 is 0. The van der Waals surface area contributed by atoms with Crippen LogP contribution >= 0.6 is 0 Å². The summed E-state index contributed by atoms with van der Waals surface area (Å²) in [5.41, 5.74) is 0.612. The Kier molecular flexibility index (Phi) is 5.09. The van der Waals surface area contributed by atoms with Crippen molar-refractivity contribution in [1.29, 1.82) is 0 Å². The number of halogens is 1. The summed E-state index contributed by atoms with van der Waals surface area (Å²) in [7, 11) is 0. The lowest BCUT2D eigenvalue weighted by Gasteiger charge is -2.30. The van der Waals surface area contributed by atoms with Crippen LogP contribution < -0.4 is 10.6 Å². The van der Waals surface area contributed by atoms with Crippen molar-refractivity contribution in [3.8, 4) is 0 Å². The molecule has 1 amide bonds. The second kappa shape index (κ2) is 6.81. The second-order valence-electron chi connectivity index (χ2n) is 5.21. The molecule has 1 saturated heterocycles. The van der Waals surface area contributed by atoms with Crippen LogP contribution in [0.15, 0.2) is 24.3 Å². The number of carbonyl (C=O) groups excluding carboxylic acids is 1. The molecule has 1 unspecified atom stereocenters. The van der Waals surface area contributed by atoms with Gasteiger partial charge in [0.05, 0.1) is 12.7 Å². The fourth-order valence-corrected chi connectivity index (χ4v) is 2.40. The van der Waals surface area contributed by atoms with Gasteiger partial charge in [-0.3, -0.25) is 4.79 Å². The number of hydrogen-bond donors (Lipinski definition) is 2. The lowest BCUT2D eigenvalue weighted by Crippen LogP contribution is -2.56. The number of benzene rings is 1. The van der Waals surface area contributed by atoms with Crippen LogP contribution in [0.3, 0.4) is 0 Å². The third-order valence-electron chi connectivity index (χ3n) is 3.47. The molecule has 1 aliphatic rings. The molecular weight excluding hydrogens is 259 g/mol. The summed E-state index contributed by atoms with van der Waals surface area (Å²) < 4.78 is 19.0. The fourth-order valence-electron chi connectivity index (χ4n) is 2.40. The van der Waals surface area contributed by atoms with Crippen molar-refractivity contribution in [1.82, 2.24) is 10.6 Å². The maximum Gasteiger partial charge on any atom is 0.240 e. The second-order valence-corrected chi connectivity index (χ2v) is 5.21. The van der Waals surface area contributed by atoms with E-state index in [0.29, 0.717) is 25.1 Å². The van der Waals surface area contributed by atoms with Crippen molar-refractivity contribution in [2.24, 2.45) is 0 Å². The summed E-state index contributed by atoms with van der Waals surface area (Å²) in [6, 6.07) is 6.16. The summed E-state index contributed by atoms with van der Waals surface area (Å²) in [5.74, 6) is -0.331. The molecule has 110 valence electrons. The van der Waals surface area contributed by atoms with Crippen molar-refractivity contribution in [2.75, 3.05) is 13.2 Å². The van der Waals surface area contributed by atoms with Crippen molar-refractivity contribution >= 4 is 5.91 Å². The molecule has 5 heteroatoms. The molecule has 2 N–H and O–H groups in total. The Morgan fingerprint density at radius 3 is 3.00 bits per heavy atom. The van der Waals surface area contributed by atoms with E-state index in [0.717, 1.165) is 0 Å². The molecule has 0 spiro atoms. The van der Waals surface area contributed by atoms with Gasteiger partial charge in [0, 0.05) is 12.6 Å². The summed E-state index contributed by atoms with van der Waals surface area (Å²) in [6.07, 6.45) is 0.324. The van der Waals surface area contributed by atoms with Gasteiger partial charge in [0.1, 0.15) is 11.9 Å². The molecule has 1 aromatic carbocycles. The molecule has 0 saturated carbocycles. The van der Waals surface area contributed by atoms with Gasteiger partial charge in [-0.1, -0.05) is 18.2 Å². The highest BCUT2D eigenvalue weighted by Crippen LogP contribution is 2.10. The normalized spacial score (nSPS) is 24.1. The van der Waals surface area contributed by atoms with Crippen LogP contribution in [-0.4, -0.2) is 37.2 Å². The Bertz CT molecular complexity index is 467. The summed E-state index contributed by atoms with van der Waals surface area (Å²) in [6.45, 7) is 5.04. The van der Waals surface area contributed by atoms with Gasteiger partial charge < -0.3 is 15.4 Å². The van der Waals surface area contributed by atoms with Crippen molar-refractivity contribution in [3.05, 3.63) is 35.6 Å². The van der Waals surface area contributed by atoms with Crippen LogP contribution in [0, 0.1) is 5.82 Å². The van der Waals surface area contributed by atoms with E-state index in [4.69, 9.17) is 4.74 Å².